The molecule has 5 heteroatoms. The van der Waals surface area contributed by atoms with Crippen molar-refractivity contribution in [2.45, 2.75) is 38.9 Å². The number of hydrogen-bond acceptors (Lipinski definition) is 5. The molecule has 0 aromatic heterocycles. The largest absolute Gasteiger partial charge is 0.462 e. The number of carbonyl (C=O) groups is 1. The van der Waals surface area contributed by atoms with Crippen molar-refractivity contribution >= 4 is 5.97 Å². The van der Waals surface area contributed by atoms with Crippen molar-refractivity contribution in [2.75, 3.05) is 19.7 Å². The Labute approximate surface area is 90.4 Å². The second-order valence-electron chi connectivity index (χ2n) is 4.89. The zero-order valence-corrected chi connectivity index (χ0v) is 9.83. The first kappa shape index (κ1) is 14.3. The van der Waals surface area contributed by atoms with Crippen LogP contribution < -0.4 is 5.32 Å². The maximum atomic E-state index is 11.1. The minimum Gasteiger partial charge on any atom is -0.462 e. The van der Waals surface area contributed by atoms with Crippen molar-refractivity contribution in [3.05, 3.63) is 0 Å². The van der Waals surface area contributed by atoms with Gasteiger partial charge in [0.15, 0.2) is 0 Å². The molecule has 0 spiro atoms. The van der Waals surface area contributed by atoms with Crippen LogP contribution in [0.15, 0.2) is 0 Å². The number of hydrogen-bond donors (Lipinski definition) is 3. The van der Waals surface area contributed by atoms with Crippen LogP contribution >= 0.6 is 0 Å². The maximum Gasteiger partial charge on any atom is 0.320 e. The van der Waals surface area contributed by atoms with Gasteiger partial charge in [-0.2, -0.15) is 0 Å². The number of rotatable bonds is 6. The molecule has 90 valence electrons. The Morgan fingerprint density at radius 2 is 1.73 bits per heavy atom. The lowest BCUT2D eigenvalue weighted by atomic mass is 10.1. The van der Waals surface area contributed by atoms with Gasteiger partial charge in [0.25, 0.3) is 0 Å². The number of ether oxygens (including phenoxy) is 1. The van der Waals surface area contributed by atoms with Gasteiger partial charge >= 0.3 is 5.97 Å². The molecule has 0 fully saturated rings. The molecule has 5 nitrogen and oxygen atoms in total. The summed E-state index contributed by atoms with van der Waals surface area (Å²) in [4.78, 5) is 11.1. The van der Waals surface area contributed by atoms with Gasteiger partial charge in [0, 0.05) is 6.54 Å². The summed E-state index contributed by atoms with van der Waals surface area (Å²) in [5.74, 6) is -0.443. The second kappa shape index (κ2) is 5.44. The highest BCUT2D eigenvalue weighted by atomic mass is 16.5. The minimum atomic E-state index is -1.01. The fraction of sp³-hybridized carbons (Fsp3) is 0.900. The van der Waals surface area contributed by atoms with Crippen LogP contribution in [-0.4, -0.2) is 47.1 Å². The highest BCUT2D eigenvalue weighted by molar-refractivity contribution is 5.71. The van der Waals surface area contributed by atoms with E-state index in [1.54, 1.807) is 27.7 Å². The van der Waals surface area contributed by atoms with Gasteiger partial charge < -0.3 is 20.3 Å². The van der Waals surface area contributed by atoms with Crippen LogP contribution in [-0.2, 0) is 9.53 Å². The van der Waals surface area contributed by atoms with Crippen molar-refractivity contribution in [1.29, 1.82) is 0 Å². The molecule has 0 aliphatic carbocycles. The van der Waals surface area contributed by atoms with Crippen LogP contribution in [0.25, 0.3) is 0 Å². The van der Waals surface area contributed by atoms with E-state index in [2.05, 4.69) is 5.32 Å². The molecule has 15 heavy (non-hydrogen) atoms. The number of esters is 1. The Kier molecular flexibility index (Phi) is 5.20. The fourth-order valence-corrected chi connectivity index (χ4v) is 0.779. The summed E-state index contributed by atoms with van der Waals surface area (Å²) in [6, 6.07) is 0. The van der Waals surface area contributed by atoms with E-state index < -0.39 is 17.2 Å². The van der Waals surface area contributed by atoms with Crippen LogP contribution in [0.1, 0.15) is 27.7 Å². The third-order valence-electron chi connectivity index (χ3n) is 1.41. The first-order valence-electron chi connectivity index (χ1n) is 4.91. The van der Waals surface area contributed by atoms with E-state index >= 15 is 0 Å². The molecule has 0 atom stereocenters. The molecule has 0 radical (unpaired) electrons. The SMILES string of the molecule is CC(C)(O)CNCC(=O)OCC(C)(C)O. The Morgan fingerprint density at radius 1 is 1.20 bits per heavy atom. The van der Waals surface area contributed by atoms with Crippen LogP contribution in [0, 0.1) is 0 Å². The van der Waals surface area contributed by atoms with Gasteiger partial charge in [-0.15, -0.1) is 0 Å². The zero-order valence-electron chi connectivity index (χ0n) is 9.83. The molecule has 0 rings (SSSR count). The summed E-state index contributed by atoms with van der Waals surface area (Å²) in [7, 11) is 0. The van der Waals surface area contributed by atoms with Gasteiger partial charge in [0.1, 0.15) is 6.61 Å². The molecule has 0 saturated carbocycles. The average molecular weight is 219 g/mol. The van der Waals surface area contributed by atoms with E-state index in [4.69, 9.17) is 4.74 Å². The molecule has 0 heterocycles. The lowest BCUT2D eigenvalue weighted by molar-refractivity contribution is -0.148. The Morgan fingerprint density at radius 3 is 2.13 bits per heavy atom. The Balaban J connectivity index is 3.60. The van der Waals surface area contributed by atoms with Gasteiger partial charge in [0.05, 0.1) is 17.7 Å². The lowest BCUT2D eigenvalue weighted by Crippen LogP contribution is -2.38. The first-order chi connectivity index (χ1) is 6.60. The molecule has 0 bridgehead atoms. The summed E-state index contributed by atoms with van der Waals surface area (Å²) >= 11 is 0. The molecule has 0 amide bonds. The highest BCUT2D eigenvalue weighted by Crippen LogP contribution is 2.01. The van der Waals surface area contributed by atoms with E-state index in [9.17, 15) is 15.0 Å². The lowest BCUT2D eigenvalue weighted by Gasteiger charge is -2.19. The van der Waals surface area contributed by atoms with E-state index in [1.165, 1.54) is 0 Å². The molecule has 0 saturated heterocycles. The quantitative estimate of drug-likeness (QED) is 0.533. The molecule has 0 aliphatic rings. The standard InChI is InChI=1S/C10H21NO4/c1-9(2,13)6-11-5-8(12)15-7-10(3,4)14/h11,13-14H,5-7H2,1-4H3. The van der Waals surface area contributed by atoms with Crippen molar-refractivity contribution in [2.24, 2.45) is 0 Å². The van der Waals surface area contributed by atoms with Gasteiger partial charge in [-0.3, -0.25) is 4.79 Å². The van der Waals surface area contributed by atoms with Crippen LogP contribution in [0.2, 0.25) is 0 Å². The van der Waals surface area contributed by atoms with E-state index in [-0.39, 0.29) is 13.2 Å². The summed E-state index contributed by atoms with van der Waals surface area (Å²) < 4.78 is 4.79. The predicted molar refractivity (Wildman–Crippen MR) is 56.4 cm³/mol. The van der Waals surface area contributed by atoms with E-state index in [0.717, 1.165) is 0 Å². The van der Waals surface area contributed by atoms with Crippen molar-refractivity contribution in [3.63, 3.8) is 0 Å². The van der Waals surface area contributed by atoms with Crippen molar-refractivity contribution < 1.29 is 19.7 Å². The molecule has 0 aromatic carbocycles. The summed E-state index contributed by atoms with van der Waals surface area (Å²) in [6.45, 7) is 6.71. The molecule has 3 N–H and O–H groups in total. The molecule has 0 aromatic rings. The number of carbonyl (C=O) groups excluding carboxylic acids is 1. The maximum absolute atomic E-state index is 11.1. The van der Waals surface area contributed by atoms with Crippen LogP contribution in [0.4, 0.5) is 0 Å². The third-order valence-corrected chi connectivity index (χ3v) is 1.41. The van der Waals surface area contributed by atoms with Crippen LogP contribution in [0.3, 0.4) is 0 Å². The number of nitrogens with one attached hydrogen (secondary N) is 1. The summed E-state index contributed by atoms with van der Waals surface area (Å²) in [5, 5.41) is 21.4. The van der Waals surface area contributed by atoms with E-state index in [0.29, 0.717) is 6.54 Å². The monoisotopic (exact) mass is 219 g/mol. The third kappa shape index (κ3) is 11.3. The van der Waals surface area contributed by atoms with Gasteiger partial charge in [-0.05, 0) is 27.7 Å². The molecule has 0 aliphatic heterocycles. The molecular weight excluding hydrogens is 198 g/mol. The van der Waals surface area contributed by atoms with Gasteiger partial charge in [0.2, 0.25) is 0 Å². The fourth-order valence-electron chi connectivity index (χ4n) is 0.779. The topological polar surface area (TPSA) is 78.8 Å². The minimum absolute atomic E-state index is 0.0278. The predicted octanol–water partition coefficient (Wildman–Crippen LogP) is -0.339. The highest BCUT2D eigenvalue weighted by Gasteiger charge is 2.16. The van der Waals surface area contributed by atoms with Gasteiger partial charge in [-0.1, -0.05) is 0 Å². The van der Waals surface area contributed by atoms with Crippen molar-refractivity contribution in [1.82, 2.24) is 5.32 Å². The average Bonchev–Trinajstić information content (AvgIpc) is 1.97. The smallest absolute Gasteiger partial charge is 0.320 e. The number of aliphatic hydroxyl groups is 2. The van der Waals surface area contributed by atoms with Crippen LogP contribution in [0.5, 0.6) is 0 Å². The van der Waals surface area contributed by atoms with Gasteiger partial charge in [-0.25, -0.2) is 0 Å². The second-order valence-corrected chi connectivity index (χ2v) is 4.89. The Hall–Kier alpha value is -0.650. The summed E-state index contributed by atoms with van der Waals surface area (Å²) in [5.41, 5.74) is -1.86. The molecule has 0 unspecified atom stereocenters. The molecular formula is C10H21NO4. The zero-order chi connectivity index (χ0) is 12.1. The van der Waals surface area contributed by atoms with Crippen molar-refractivity contribution in [3.8, 4) is 0 Å². The Bertz CT molecular complexity index is 202. The van der Waals surface area contributed by atoms with E-state index in [1.807, 2.05) is 0 Å². The first-order valence-corrected chi connectivity index (χ1v) is 4.91. The summed E-state index contributed by atoms with van der Waals surface area (Å²) in [6.07, 6.45) is 0. The normalized spacial score (nSPS) is 12.7.